The maximum atomic E-state index is 12.8. The Morgan fingerprint density at radius 3 is 2.72 bits per heavy atom. The second-order valence-corrected chi connectivity index (χ2v) is 8.46. The first-order chi connectivity index (χ1) is 14.0. The Kier molecular flexibility index (Phi) is 5.32. The maximum Gasteiger partial charge on any atom is 0.261 e. The van der Waals surface area contributed by atoms with E-state index in [4.69, 9.17) is 0 Å². The number of aromatic nitrogens is 2. The minimum absolute atomic E-state index is 0.0787. The van der Waals surface area contributed by atoms with Crippen molar-refractivity contribution in [1.82, 2.24) is 15.3 Å². The van der Waals surface area contributed by atoms with E-state index in [0.717, 1.165) is 57.8 Å². The summed E-state index contributed by atoms with van der Waals surface area (Å²) in [5, 5.41) is 6.91. The molecule has 1 aliphatic rings. The number of fused-ring (bicyclic) bond motifs is 1. The van der Waals surface area contributed by atoms with Gasteiger partial charge in [-0.15, -0.1) is 11.3 Å². The summed E-state index contributed by atoms with van der Waals surface area (Å²) in [5.74, 6) is 0.924. The summed E-state index contributed by atoms with van der Waals surface area (Å²) in [7, 11) is 0. The second kappa shape index (κ2) is 7.91. The molecular weight excluding hydrogens is 384 g/mol. The van der Waals surface area contributed by atoms with Gasteiger partial charge in [0.25, 0.3) is 5.91 Å². The summed E-state index contributed by atoms with van der Waals surface area (Å²) >= 11 is 1.41. The van der Waals surface area contributed by atoms with Gasteiger partial charge in [0.15, 0.2) is 0 Å². The molecule has 0 atom stereocenters. The van der Waals surface area contributed by atoms with Crippen LogP contribution in [0.5, 0.6) is 0 Å². The average Bonchev–Trinajstić information content (AvgIpc) is 3.50. The van der Waals surface area contributed by atoms with E-state index in [1.165, 1.54) is 11.3 Å². The van der Waals surface area contributed by atoms with Gasteiger partial charge in [-0.05, 0) is 49.9 Å². The number of carbonyl (C=O) groups is 2. The zero-order valence-corrected chi connectivity index (χ0v) is 17.7. The Morgan fingerprint density at radius 2 is 2.00 bits per heavy atom. The first-order valence-corrected chi connectivity index (χ1v) is 10.7. The monoisotopic (exact) mass is 408 g/mol. The molecule has 150 valence electrons. The first kappa shape index (κ1) is 19.5. The Morgan fingerprint density at radius 1 is 1.21 bits per heavy atom. The molecule has 7 heteroatoms. The van der Waals surface area contributed by atoms with E-state index in [1.54, 1.807) is 0 Å². The van der Waals surface area contributed by atoms with E-state index in [2.05, 4.69) is 20.6 Å². The largest absolute Gasteiger partial charge is 0.347 e. The second-order valence-electron chi connectivity index (χ2n) is 7.46. The highest BCUT2D eigenvalue weighted by molar-refractivity contribution is 7.20. The molecule has 29 heavy (non-hydrogen) atoms. The van der Waals surface area contributed by atoms with Gasteiger partial charge in [0, 0.05) is 35.7 Å². The zero-order valence-electron chi connectivity index (χ0n) is 16.8. The molecule has 1 saturated carbocycles. The fraction of sp³-hybridized carbons (Fsp3) is 0.364. The van der Waals surface area contributed by atoms with Gasteiger partial charge < -0.3 is 10.6 Å². The molecule has 4 rings (SSSR count). The lowest BCUT2D eigenvalue weighted by Crippen LogP contribution is -2.22. The zero-order chi connectivity index (χ0) is 20.5. The van der Waals surface area contributed by atoms with Crippen LogP contribution in [0.25, 0.3) is 10.2 Å². The molecule has 3 aromatic rings. The third kappa shape index (κ3) is 4.15. The maximum absolute atomic E-state index is 12.8. The van der Waals surface area contributed by atoms with Crippen molar-refractivity contribution in [2.45, 2.75) is 46.6 Å². The van der Waals surface area contributed by atoms with E-state index in [0.29, 0.717) is 11.4 Å². The predicted molar refractivity (Wildman–Crippen MR) is 115 cm³/mol. The quantitative estimate of drug-likeness (QED) is 0.642. The summed E-state index contributed by atoms with van der Waals surface area (Å²) < 4.78 is 0. The van der Waals surface area contributed by atoms with Crippen molar-refractivity contribution in [3.8, 4) is 0 Å². The fourth-order valence-electron chi connectivity index (χ4n) is 3.38. The topological polar surface area (TPSA) is 84.0 Å². The molecule has 1 aromatic carbocycles. The Bertz CT molecular complexity index is 1100. The third-order valence-electron chi connectivity index (χ3n) is 5.14. The Balaban J connectivity index is 1.48. The van der Waals surface area contributed by atoms with Crippen LogP contribution in [0.1, 0.15) is 52.1 Å². The van der Waals surface area contributed by atoms with Crippen molar-refractivity contribution in [2.75, 3.05) is 5.32 Å². The number of hydrogen-bond donors (Lipinski definition) is 2. The average molecular weight is 409 g/mol. The highest BCUT2D eigenvalue weighted by Gasteiger charge is 2.29. The molecule has 1 aliphatic carbocycles. The standard InChI is InChI=1S/C22H24N4O2S/c1-4-17-24-13(3)18-12(2)19(29-22(18)26-17)21(28)23-11-14-6-5-7-16(10-14)25-20(27)15-8-9-15/h5-7,10,15H,4,8-9,11H2,1-3H3,(H,23,28)(H,25,27). The molecule has 0 aliphatic heterocycles. The van der Waals surface area contributed by atoms with Gasteiger partial charge in [-0.1, -0.05) is 19.1 Å². The summed E-state index contributed by atoms with van der Waals surface area (Å²) in [6.45, 7) is 6.33. The SMILES string of the molecule is CCc1nc(C)c2c(C)c(C(=O)NCc3cccc(NC(=O)C4CC4)c3)sc2n1. The molecule has 2 heterocycles. The number of amides is 2. The number of thiophene rings is 1. The number of nitrogens with one attached hydrogen (secondary N) is 2. The van der Waals surface area contributed by atoms with Gasteiger partial charge in [-0.3, -0.25) is 9.59 Å². The normalized spacial score (nSPS) is 13.5. The fourth-order valence-corrected chi connectivity index (χ4v) is 4.55. The molecule has 0 unspecified atom stereocenters. The highest BCUT2D eigenvalue weighted by Crippen LogP contribution is 2.32. The van der Waals surface area contributed by atoms with Gasteiger partial charge in [-0.2, -0.15) is 0 Å². The predicted octanol–water partition coefficient (Wildman–Crippen LogP) is 4.15. The minimum Gasteiger partial charge on any atom is -0.347 e. The van der Waals surface area contributed by atoms with E-state index in [-0.39, 0.29) is 17.7 Å². The number of hydrogen-bond acceptors (Lipinski definition) is 5. The van der Waals surface area contributed by atoms with Crippen molar-refractivity contribution in [3.05, 3.63) is 51.8 Å². The van der Waals surface area contributed by atoms with Crippen LogP contribution in [-0.2, 0) is 17.8 Å². The van der Waals surface area contributed by atoms with E-state index in [1.807, 2.05) is 45.0 Å². The van der Waals surface area contributed by atoms with Crippen molar-refractivity contribution >= 4 is 39.1 Å². The molecule has 6 nitrogen and oxygen atoms in total. The summed E-state index contributed by atoms with van der Waals surface area (Å²) in [5.41, 5.74) is 3.55. The lowest BCUT2D eigenvalue weighted by atomic mass is 10.1. The third-order valence-corrected chi connectivity index (χ3v) is 6.32. The van der Waals surface area contributed by atoms with Crippen molar-refractivity contribution in [3.63, 3.8) is 0 Å². The number of nitrogens with zero attached hydrogens (tertiary/aromatic N) is 2. The van der Waals surface area contributed by atoms with Crippen LogP contribution in [-0.4, -0.2) is 21.8 Å². The first-order valence-electron chi connectivity index (χ1n) is 9.91. The Labute approximate surface area is 173 Å². The summed E-state index contributed by atoms with van der Waals surface area (Å²) in [4.78, 5) is 35.4. The van der Waals surface area contributed by atoms with Crippen LogP contribution in [0.15, 0.2) is 24.3 Å². The van der Waals surface area contributed by atoms with Crippen LogP contribution in [0, 0.1) is 19.8 Å². The molecule has 0 radical (unpaired) electrons. The smallest absolute Gasteiger partial charge is 0.261 e. The lowest BCUT2D eigenvalue weighted by Gasteiger charge is -2.08. The van der Waals surface area contributed by atoms with Gasteiger partial charge in [-0.25, -0.2) is 9.97 Å². The van der Waals surface area contributed by atoms with Crippen LogP contribution >= 0.6 is 11.3 Å². The summed E-state index contributed by atoms with van der Waals surface area (Å²) in [6.07, 6.45) is 2.71. The van der Waals surface area contributed by atoms with Crippen LogP contribution < -0.4 is 10.6 Å². The Hall–Kier alpha value is -2.80. The highest BCUT2D eigenvalue weighted by atomic mass is 32.1. The van der Waals surface area contributed by atoms with Gasteiger partial charge in [0.05, 0.1) is 4.88 Å². The van der Waals surface area contributed by atoms with E-state index in [9.17, 15) is 9.59 Å². The number of aryl methyl sites for hydroxylation is 3. The lowest BCUT2D eigenvalue weighted by molar-refractivity contribution is -0.117. The number of rotatable bonds is 6. The number of anilines is 1. The van der Waals surface area contributed by atoms with Gasteiger partial charge in [0.2, 0.25) is 5.91 Å². The molecule has 1 fully saturated rings. The van der Waals surface area contributed by atoms with Gasteiger partial charge >= 0.3 is 0 Å². The minimum atomic E-state index is -0.115. The van der Waals surface area contributed by atoms with E-state index < -0.39 is 0 Å². The van der Waals surface area contributed by atoms with Crippen LogP contribution in [0.2, 0.25) is 0 Å². The van der Waals surface area contributed by atoms with Crippen molar-refractivity contribution in [1.29, 1.82) is 0 Å². The molecule has 0 saturated heterocycles. The molecular formula is C22H24N4O2S. The van der Waals surface area contributed by atoms with Crippen LogP contribution in [0.3, 0.4) is 0 Å². The van der Waals surface area contributed by atoms with Gasteiger partial charge in [0.1, 0.15) is 10.7 Å². The molecule has 2 N–H and O–H groups in total. The molecule has 2 amide bonds. The molecule has 0 bridgehead atoms. The molecule has 2 aromatic heterocycles. The van der Waals surface area contributed by atoms with Crippen molar-refractivity contribution in [2.24, 2.45) is 5.92 Å². The number of benzene rings is 1. The van der Waals surface area contributed by atoms with E-state index >= 15 is 0 Å². The van der Waals surface area contributed by atoms with Crippen molar-refractivity contribution < 1.29 is 9.59 Å². The number of carbonyl (C=O) groups excluding carboxylic acids is 2. The molecule has 0 spiro atoms. The van der Waals surface area contributed by atoms with Crippen LogP contribution in [0.4, 0.5) is 5.69 Å². The summed E-state index contributed by atoms with van der Waals surface area (Å²) in [6, 6.07) is 7.60.